The third-order valence-corrected chi connectivity index (χ3v) is 3.86. The summed E-state index contributed by atoms with van der Waals surface area (Å²) in [6.07, 6.45) is 0. The lowest BCUT2D eigenvalue weighted by molar-refractivity contribution is -0.0365. The van der Waals surface area contributed by atoms with Crippen molar-refractivity contribution in [2.24, 2.45) is 0 Å². The standard InChI is InChI=1S/C19H24FNO/c1-19(2,22)18(13-20)21(14-16-9-5-3-6-10-16)15-17-11-7-4-8-12-17/h3-12,18,22H,13-15H2,1-2H3/t18-/m0/s1. The van der Waals surface area contributed by atoms with Gasteiger partial charge in [0.05, 0.1) is 11.6 Å². The molecule has 0 aromatic heterocycles. The maximum absolute atomic E-state index is 13.6. The van der Waals surface area contributed by atoms with E-state index in [4.69, 9.17) is 0 Å². The molecular weight excluding hydrogens is 277 g/mol. The zero-order valence-electron chi connectivity index (χ0n) is 13.2. The normalized spacial score (nSPS) is 13.3. The first-order valence-electron chi connectivity index (χ1n) is 7.61. The van der Waals surface area contributed by atoms with Crippen molar-refractivity contribution in [2.75, 3.05) is 6.67 Å². The summed E-state index contributed by atoms with van der Waals surface area (Å²) >= 11 is 0. The van der Waals surface area contributed by atoms with E-state index < -0.39 is 18.3 Å². The Balaban J connectivity index is 2.23. The molecule has 22 heavy (non-hydrogen) atoms. The summed E-state index contributed by atoms with van der Waals surface area (Å²) in [7, 11) is 0. The van der Waals surface area contributed by atoms with Gasteiger partial charge >= 0.3 is 0 Å². The Bertz CT molecular complexity index is 509. The summed E-state index contributed by atoms with van der Waals surface area (Å²) in [6.45, 7) is 3.96. The molecule has 2 nitrogen and oxygen atoms in total. The molecule has 2 rings (SSSR count). The molecule has 0 bridgehead atoms. The number of benzene rings is 2. The molecule has 2 aromatic carbocycles. The summed E-state index contributed by atoms with van der Waals surface area (Å²) in [6, 6.07) is 19.4. The Hall–Kier alpha value is -1.71. The average molecular weight is 301 g/mol. The first-order valence-corrected chi connectivity index (χ1v) is 7.61. The van der Waals surface area contributed by atoms with Crippen LogP contribution in [0.15, 0.2) is 60.7 Å². The van der Waals surface area contributed by atoms with Gasteiger partial charge in [-0.3, -0.25) is 4.90 Å². The molecule has 0 unspecified atom stereocenters. The number of alkyl halides is 1. The van der Waals surface area contributed by atoms with E-state index in [1.54, 1.807) is 13.8 Å². The van der Waals surface area contributed by atoms with Gasteiger partial charge in [-0.2, -0.15) is 0 Å². The van der Waals surface area contributed by atoms with Crippen LogP contribution in [0.25, 0.3) is 0 Å². The molecule has 0 radical (unpaired) electrons. The number of hydrogen-bond acceptors (Lipinski definition) is 2. The van der Waals surface area contributed by atoms with Gasteiger partial charge < -0.3 is 5.11 Å². The minimum atomic E-state index is -1.10. The average Bonchev–Trinajstić information content (AvgIpc) is 2.48. The summed E-state index contributed by atoms with van der Waals surface area (Å²) in [5.41, 5.74) is 1.13. The molecule has 0 heterocycles. The van der Waals surface area contributed by atoms with Gasteiger partial charge in [-0.15, -0.1) is 0 Å². The minimum absolute atomic E-state index is 0.548. The molecular formula is C19H24FNO. The Kier molecular flexibility index (Phi) is 5.69. The van der Waals surface area contributed by atoms with E-state index in [0.717, 1.165) is 11.1 Å². The van der Waals surface area contributed by atoms with Gasteiger partial charge in [0.15, 0.2) is 0 Å². The van der Waals surface area contributed by atoms with Crippen LogP contribution in [0.4, 0.5) is 4.39 Å². The van der Waals surface area contributed by atoms with Crippen LogP contribution in [0.5, 0.6) is 0 Å². The SMILES string of the molecule is CC(C)(O)[C@H](CF)N(Cc1ccccc1)Cc1ccccc1. The molecule has 0 saturated heterocycles. The van der Waals surface area contributed by atoms with E-state index in [9.17, 15) is 9.50 Å². The molecule has 0 aliphatic heterocycles. The molecule has 3 heteroatoms. The third kappa shape index (κ3) is 4.65. The van der Waals surface area contributed by atoms with E-state index in [-0.39, 0.29) is 0 Å². The molecule has 2 aromatic rings. The van der Waals surface area contributed by atoms with E-state index in [1.165, 1.54) is 0 Å². The largest absolute Gasteiger partial charge is 0.389 e. The highest BCUT2D eigenvalue weighted by molar-refractivity contribution is 5.17. The lowest BCUT2D eigenvalue weighted by Crippen LogP contribution is -2.50. The van der Waals surface area contributed by atoms with Gasteiger partial charge in [0.2, 0.25) is 0 Å². The highest BCUT2D eigenvalue weighted by Crippen LogP contribution is 2.21. The van der Waals surface area contributed by atoms with E-state index in [1.807, 2.05) is 65.6 Å². The second-order valence-electron chi connectivity index (χ2n) is 6.20. The Morgan fingerprint density at radius 1 is 0.909 bits per heavy atom. The van der Waals surface area contributed by atoms with E-state index in [2.05, 4.69) is 0 Å². The van der Waals surface area contributed by atoms with Crippen molar-refractivity contribution in [2.45, 2.75) is 38.6 Å². The number of nitrogens with zero attached hydrogens (tertiary/aromatic N) is 1. The molecule has 1 atom stereocenters. The third-order valence-electron chi connectivity index (χ3n) is 3.86. The monoisotopic (exact) mass is 301 g/mol. The molecule has 118 valence electrons. The van der Waals surface area contributed by atoms with Gasteiger partial charge in [0.25, 0.3) is 0 Å². The van der Waals surface area contributed by atoms with Gasteiger partial charge in [0.1, 0.15) is 6.67 Å². The minimum Gasteiger partial charge on any atom is -0.389 e. The number of rotatable bonds is 7. The van der Waals surface area contributed by atoms with E-state index in [0.29, 0.717) is 13.1 Å². The van der Waals surface area contributed by atoms with Crippen LogP contribution in [0.1, 0.15) is 25.0 Å². The fraction of sp³-hybridized carbons (Fsp3) is 0.368. The van der Waals surface area contributed by atoms with Crippen LogP contribution < -0.4 is 0 Å². The van der Waals surface area contributed by atoms with E-state index >= 15 is 0 Å². The summed E-state index contributed by atoms with van der Waals surface area (Å²) in [4.78, 5) is 2.00. The quantitative estimate of drug-likeness (QED) is 0.841. The van der Waals surface area contributed by atoms with Crippen LogP contribution in [-0.4, -0.2) is 28.3 Å². The van der Waals surface area contributed by atoms with Crippen molar-refractivity contribution >= 4 is 0 Å². The number of hydrogen-bond donors (Lipinski definition) is 1. The lowest BCUT2D eigenvalue weighted by Gasteiger charge is -2.37. The van der Waals surface area contributed by atoms with Crippen LogP contribution in [0, 0.1) is 0 Å². The molecule has 0 spiro atoms. The van der Waals surface area contributed by atoms with Crippen molar-refractivity contribution in [3.8, 4) is 0 Å². The van der Waals surface area contributed by atoms with Crippen molar-refractivity contribution < 1.29 is 9.50 Å². The Morgan fingerprint density at radius 3 is 1.64 bits per heavy atom. The second kappa shape index (κ2) is 7.52. The molecule has 0 aliphatic rings. The molecule has 0 fully saturated rings. The predicted octanol–water partition coefficient (Wildman–Crippen LogP) is 3.80. The summed E-state index contributed by atoms with van der Waals surface area (Å²) in [5, 5.41) is 10.3. The van der Waals surface area contributed by atoms with Crippen molar-refractivity contribution in [1.82, 2.24) is 4.90 Å². The van der Waals surface area contributed by atoms with Gasteiger partial charge in [-0.1, -0.05) is 60.7 Å². The molecule has 0 amide bonds. The molecule has 0 saturated carbocycles. The summed E-state index contributed by atoms with van der Waals surface area (Å²) < 4.78 is 13.6. The smallest absolute Gasteiger partial charge is 0.108 e. The predicted molar refractivity (Wildman–Crippen MR) is 88.2 cm³/mol. The molecule has 0 aliphatic carbocycles. The Morgan fingerprint density at radius 2 is 1.32 bits per heavy atom. The van der Waals surface area contributed by atoms with Crippen LogP contribution in [-0.2, 0) is 13.1 Å². The topological polar surface area (TPSA) is 23.5 Å². The first kappa shape index (κ1) is 16.7. The maximum Gasteiger partial charge on any atom is 0.108 e. The van der Waals surface area contributed by atoms with Crippen LogP contribution in [0.3, 0.4) is 0 Å². The second-order valence-corrected chi connectivity index (χ2v) is 6.20. The molecule has 1 N–H and O–H groups in total. The van der Waals surface area contributed by atoms with Crippen molar-refractivity contribution in [1.29, 1.82) is 0 Å². The zero-order valence-corrected chi connectivity index (χ0v) is 13.2. The lowest BCUT2D eigenvalue weighted by atomic mass is 9.97. The highest BCUT2D eigenvalue weighted by atomic mass is 19.1. The van der Waals surface area contributed by atoms with Crippen molar-refractivity contribution in [3.05, 3.63) is 71.8 Å². The van der Waals surface area contributed by atoms with Crippen LogP contribution in [0.2, 0.25) is 0 Å². The first-order chi connectivity index (χ1) is 10.5. The van der Waals surface area contributed by atoms with Crippen molar-refractivity contribution in [3.63, 3.8) is 0 Å². The summed E-state index contributed by atoms with van der Waals surface area (Å²) in [5.74, 6) is 0. The van der Waals surface area contributed by atoms with Crippen LogP contribution >= 0.6 is 0 Å². The zero-order chi connectivity index (χ0) is 16.0. The van der Waals surface area contributed by atoms with Gasteiger partial charge in [0, 0.05) is 13.1 Å². The Labute approximate surface area is 132 Å². The number of aliphatic hydroxyl groups is 1. The highest BCUT2D eigenvalue weighted by Gasteiger charge is 2.32. The van der Waals surface area contributed by atoms with Gasteiger partial charge in [-0.25, -0.2) is 4.39 Å². The maximum atomic E-state index is 13.6. The van der Waals surface area contributed by atoms with Gasteiger partial charge in [-0.05, 0) is 25.0 Å². The fourth-order valence-corrected chi connectivity index (χ4v) is 2.65. The number of halogens is 1. The fourth-order valence-electron chi connectivity index (χ4n) is 2.65.